The highest BCUT2D eigenvalue weighted by Gasteiger charge is 2.10. The number of anilines is 1. The summed E-state index contributed by atoms with van der Waals surface area (Å²) in [6.07, 6.45) is 0. The van der Waals surface area contributed by atoms with E-state index in [9.17, 15) is 0 Å². The lowest BCUT2D eigenvalue weighted by atomic mass is 10.2. The van der Waals surface area contributed by atoms with Crippen LogP contribution in [0.5, 0.6) is 0 Å². The van der Waals surface area contributed by atoms with Gasteiger partial charge in [0.1, 0.15) is 5.00 Å². The summed E-state index contributed by atoms with van der Waals surface area (Å²) in [6.45, 7) is 2.18. The highest BCUT2D eigenvalue weighted by Crippen LogP contribution is 2.31. The van der Waals surface area contributed by atoms with Crippen LogP contribution in [0.3, 0.4) is 0 Å². The smallest absolute Gasteiger partial charge is 0.117 e. The van der Waals surface area contributed by atoms with Gasteiger partial charge in [-0.2, -0.15) is 4.37 Å². The van der Waals surface area contributed by atoms with Crippen LogP contribution in [0.1, 0.15) is 17.8 Å². The predicted molar refractivity (Wildman–Crippen MR) is 76.0 cm³/mol. The molecule has 2 nitrogen and oxygen atoms in total. The molecule has 0 saturated heterocycles. The summed E-state index contributed by atoms with van der Waals surface area (Å²) < 4.78 is 4.44. The summed E-state index contributed by atoms with van der Waals surface area (Å²) in [6, 6.07) is 12.8. The summed E-state index contributed by atoms with van der Waals surface area (Å²) in [5.74, 6) is 0. The van der Waals surface area contributed by atoms with E-state index in [2.05, 4.69) is 46.3 Å². The third kappa shape index (κ3) is 2.06. The molecule has 1 aromatic carbocycles. The lowest BCUT2D eigenvalue weighted by Gasteiger charge is -2.11. The van der Waals surface area contributed by atoms with E-state index in [4.69, 9.17) is 0 Å². The molecule has 1 unspecified atom stereocenters. The lowest BCUT2D eigenvalue weighted by molar-refractivity contribution is 0.915. The number of aromatic nitrogens is 1. The van der Waals surface area contributed by atoms with Gasteiger partial charge in [-0.3, -0.25) is 0 Å². The van der Waals surface area contributed by atoms with E-state index in [1.165, 1.54) is 21.8 Å². The van der Waals surface area contributed by atoms with Crippen LogP contribution in [-0.4, -0.2) is 4.37 Å². The molecule has 1 atom stereocenters. The molecule has 0 amide bonds. The van der Waals surface area contributed by atoms with E-state index in [1.807, 2.05) is 12.1 Å². The van der Waals surface area contributed by atoms with Crippen molar-refractivity contribution in [1.29, 1.82) is 0 Å². The Hall–Kier alpha value is -1.39. The SMILES string of the molecule is CC(Nc1snc2ccccc12)c1cccs1. The minimum Gasteiger partial charge on any atom is -0.368 e. The van der Waals surface area contributed by atoms with Crippen molar-refractivity contribution in [2.45, 2.75) is 13.0 Å². The van der Waals surface area contributed by atoms with Crippen LogP contribution in [0.4, 0.5) is 5.00 Å². The van der Waals surface area contributed by atoms with E-state index < -0.39 is 0 Å². The molecule has 3 aromatic rings. The highest BCUT2D eigenvalue weighted by molar-refractivity contribution is 7.12. The van der Waals surface area contributed by atoms with Crippen molar-refractivity contribution in [1.82, 2.24) is 4.37 Å². The number of nitrogens with zero attached hydrogens (tertiary/aromatic N) is 1. The van der Waals surface area contributed by atoms with Crippen LogP contribution in [-0.2, 0) is 0 Å². The maximum Gasteiger partial charge on any atom is 0.117 e. The first-order valence-electron chi connectivity index (χ1n) is 5.49. The molecule has 0 aliphatic rings. The van der Waals surface area contributed by atoms with Gasteiger partial charge in [-0.25, -0.2) is 0 Å². The van der Waals surface area contributed by atoms with Crippen molar-refractivity contribution in [3.63, 3.8) is 0 Å². The van der Waals surface area contributed by atoms with E-state index in [-0.39, 0.29) is 0 Å². The Kier molecular flexibility index (Phi) is 2.82. The van der Waals surface area contributed by atoms with Gasteiger partial charge in [-0.15, -0.1) is 11.3 Å². The summed E-state index contributed by atoms with van der Waals surface area (Å²) in [7, 11) is 0. The van der Waals surface area contributed by atoms with Crippen molar-refractivity contribution < 1.29 is 0 Å². The van der Waals surface area contributed by atoms with Crippen LogP contribution in [0.2, 0.25) is 0 Å². The minimum absolute atomic E-state index is 0.332. The van der Waals surface area contributed by atoms with E-state index in [1.54, 1.807) is 11.3 Å². The van der Waals surface area contributed by atoms with Crippen molar-refractivity contribution in [2.24, 2.45) is 0 Å². The van der Waals surface area contributed by atoms with Crippen molar-refractivity contribution in [3.8, 4) is 0 Å². The number of benzene rings is 1. The maximum atomic E-state index is 4.44. The fraction of sp³-hybridized carbons (Fsp3) is 0.154. The Bertz CT molecular complexity index is 613. The number of fused-ring (bicyclic) bond motifs is 1. The second kappa shape index (κ2) is 4.47. The first-order valence-corrected chi connectivity index (χ1v) is 7.14. The van der Waals surface area contributed by atoms with Crippen LogP contribution >= 0.6 is 22.9 Å². The zero-order chi connectivity index (χ0) is 11.7. The molecule has 0 fully saturated rings. The quantitative estimate of drug-likeness (QED) is 0.748. The average Bonchev–Trinajstić information content (AvgIpc) is 2.98. The van der Waals surface area contributed by atoms with E-state index >= 15 is 0 Å². The molecule has 4 heteroatoms. The molecular formula is C13H12N2S2. The Balaban J connectivity index is 1.90. The van der Waals surface area contributed by atoms with Crippen molar-refractivity contribution in [2.75, 3.05) is 5.32 Å². The Labute approximate surface area is 108 Å². The maximum absolute atomic E-state index is 4.44. The van der Waals surface area contributed by atoms with E-state index in [0.717, 1.165) is 10.5 Å². The summed E-state index contributed by atoms with van der Waals surface area (Å²) >= 11 is 3.31. The molecule has 0 spiro atoms. The summed E-state index contributed by atoms with van der Waals surface area (Å²) in [4.78, 5) is 1.35. The van der Waals surface area contributed by atoms with E-state index in [0.29, 0.717) is 6.04 Å². The fourth-order valence-corrected chi connectivity index (χ4v) is 3.38. The molecule has 0 aliphatic carbocycles. The van der Waals surface area contributed by atoms with Crippen LogP contribution in [0, 0.1) is 0 Å². The molecule has 2 aromatic heterocycles. The Morgan fingerprint density at radius 1 is 1.18 bits per heavy atom. The zero-order valence-electron chi connectivity index (χ0n) is 9.38. The molecule has 3 rings (SSSR count). The number of nitrogens with one attached hydrogen (secondary N) is 1. The summed E-state index contributed by atoms with van der Waals surface area (Å²) in [5, 5.41) is 8.01. The molecule has 17 heavy (non-hydrogen) atoms. The molecule has 1 N–H and O–H groups in total. The van der Waals surface area contributed by atoms with Gasteiger partial charge in [0, 0.05) is 10.3 Å². The minimum atomic E-state index is 0.332. The molecule has 0 aliphatic heterocycles. The second-order valence-corrected chi connectivity index (χ2v) is 5.66. The molecule has 0 bridgehead atoms. The molecule has 0 saturated carbocycles. The molecule has 0 radical (unpaired) electrons. The van der Waals surface area contributed by atoms with Gasteiger partial charge in [0.05, 0.1) is 11.6 Å². The summed E-state index contributed by atoms with van der Waals surface area (Å²) in [5.41, 5.74) is 1.07. The molecule has 2 heterocycles. The highest BCUT2D eigenvalue weighted by atomic mass is 32.1. The van der Waals surface area contributed by atoms with Crippen molar-refractivity contribution in [3.05, 3.63) is 46.7 Å². The van der Waals surface area contributed by atoms with Gasteiger partial charge < -0.3 is 5.32 Å². The van der Waals surface area contributed by atoms with Crippen LogP contribution in [0.15, 0.2) is 41.8 Å². The Morgan fingerprint density at radius 2 is 2.06 bits per heavy atom. The lowest BCUT2D eigenvalue weighted by Crippen LogP contribution is -2.03. The third-order valence-corrected chi connectivity index (χ3v) is 4.56. The Morgan fingerprint density at radius 3 is 2.88 bits per heavy atom. The van der Waals surface area contributed by atoms with Crippen LogP contribution < -0.4 is 5.32 Å². The third-order valence-electron chi connectivity index (χ3n) is 2.70. The predicted octanol–water partition coefficient (Wildman–Crippen LogP) is 4.53. The van der Waals surface area contributed by atoms with Gasteiger partial charge in [-0.1, -0.05) is 18.2 Å². The zero-order valence-corrected chi connectivity index (χ0v) is 11.0. The topological polar surface area (TPSA) is 24.9 Å². The number of thiophene rings is 1. The van der Waals surface area contributed by atoms with Crippen LogP contribution in [0.25, 0.3) is 10.9 Å². The standard InChI is InChI=1S/C13H12N2S2/c1-9(12-7-4-8-16-12)14-13-10-5-2-3-6-11(10)15-17-13/h2-9,14H,1H3. The second-order valence-electron chi connectivity index (χ2n) is 3.91. The normalized spacial score (nSPS) is 12.8. The number of hydrogen-bond acceptors (Lipinski definition) is 4. The van der Waals surface area contributed by atoms with Gasteiger partial charge in [-0.05, 0) is 42.0 Å². The van der Waals surface area contributed by atoms with Gasteiger partial charge in [0.25, 0.3) is 0 Å². The first-order chi connectivity index (χ1) is 8.34. The average molecular weight is 260 g/mol. The molecule has 86 valence electrons. The number of hydrogen-bond donors (Lipinski definition) is 1. The monoisotopic (exact) mass is 260 g/mol. The molecular weight excluding hydrogens is 248 g/mol. The van der Waals surface area contributed by atoms with Crippen molar-refractivity contribution >= 4 is 38.8 Å². The number of rotatable bonds is 3. The first kappa shape index (κ1) is 10.7. The largest absolute Gasteiger partial charge is 0.368 e. The van der Waals surface area contributed by atoms with Gasteiger partial charge >= 0.3 is 0 Å². The van der Waals surface area contributed by atoms with Gasteiger partial charge in [0.2, 0.25) is 0 Å². The fourth-order valence-electron chi connectivity index (χ4n) is 1.80. The van der Waals surface area contributed by atoms with Gasteiger partial charge in [0.15, 0.2) is 0 Å².